The van der Waals surface area contributed by atoms with Crippen LogP contribution in [0.5, 0.6) is 11.5 Å². The highest BCUT2D eigenvalue weighted by atomic mass is 19.1. The molecule has 0 spiro atoms. The lowest BCUT2D eigenvalue weighted by Gasteiger charge is -2.29. The Balaban J connectivity index is 1.53. The fourth-order valence-corrected chi connectivity index (χ4v) is 4.63. The van der Waals surface area contributed by atoms with Crippen molar-refractivity contribution in [3.8, 4) is 11.5 Å². The number of hydrogen-bond donors (Lipinski definition) is 0. The molecule has 2 saturated heterocycles. The number of rotatable bonds is 10. The fraction of sp³-hybridized carbons (Fsp3) is 0.600. The Morgan fingerprint density at radius 1 is 0.892 bits per heavy atom. The van der Waals surface area contributed by atoms with Crippen molar-refractivity contribution in [1.29, 1.82) is 0 Å². The Bertz CT molecular complexity index is 1060. The lowest BCUT2D eigenvalue weighted by molar-refractivity contribution is -0.0513. The van der Waals surface area contributed by atoms with Crippen molar-refractivity contribution >= 4 is 0 Å². The zero-order valence-corrected chi connectivity index (χ0v) is 22.9. The molecule has 0 amide bonds. The van der Waals surface area contributed by atoms with Gasteiger partial charge in [0.25, 0.3) is 0 Å². The Morgan fingerprint density at radius 2 is 1.59 bits per heavy atom. The molecule has 7 heteroatoms. The van der Waals surface area contributed by atoms with Crippen molar-refractivity contribution < 1.29 is 27.7 Å². The van der Waals surface area contributed by atoms with Gasteiger partial charge in [-0.2, -0.15) is 0 Å². The van der Waals surface area contributed by atoms with Crippen LogP contribution in [0.1, 0.15) is 51.3 Å². The molecule has 2 aromatic carbocycles. The van der Waals surface area contributed by atoms with E-state index in [-0.39, 0.29) is 22.7 Å². The summed E-state index contributed by atoms with van der Waals surface area (Å²) in [5, 5.41) is 0. The van der Waals surface area contributed by atoms with E-state index in [4.69, 9.17) is 18.9 Å². The van der Waals surface area contributed by atoms with E-state index in [2.05, 4.69) is 25.7 Å². The van der Waals surface area contributed by atoms with Crippen LogP contribution >= 0.6 is 0 Å². The van der Waals surface area contributed by atoms with E-state index in [1.807, 2.05) is 26.0 Å². The van der Waals surface area contributed by atoms with Crippen molar-refractivity contribution in [2.75, 3.05) is 59.3 Å². The zero-order valence-electron chi connectivity index (χ0n) is 22.9. The maximum absolute atomic E-state index is 15.8. The summed E-state index contributed by atoms with van der Waals surface area (Å²) in [5.74, 6) is 0.0982. The molecule has 2 aliphatic rings. The van der Waals surface area contributed by atoms with E-state index in [1.165, 1.54) is 6.07 Å². The lowest BCUT2D eigenvalue weighted by atomic mass is 9.77. The highest BCUT2D eigenvalue weighted by molar-refractivity contribution is 5.42. The number of nitrogens with zero attached hydrogens (tertiary/aromatic N) is 1. The highest BCUT2D eigenvalue weighted by Crippen LogP contribution is 2.36. The molecule has 0 atom stereocenters. The smallest absolute Gasteiger partial charge is 0.168 e. The summed E-state index contributed by atoms with van der Waals surface area (Å²) >= 11 is 0. The molecule has 37 heavy (non-hydrogen) atoms. The topological polar surface area (TPSA) is 40.2 Å². The van der Waals surface area contributed by atoms with Crippen molar-refractivity contribution in [3.05, 3.63) is 58.7 Å². The molecular formula is C30H41F2NO4. The third-order valence-electron chi connectivity index (χ3n) is 7.28. The first-order valence-corrected chi connectivity index (χ1v) is 13.3. The predicted octanol–water partition coefficient (Wildman–Crippen LogP) is 5.52. The minimum Gasteiger partial charge on any atom is -0.490 e. The van der Waals surface area contributed by atoms with Gasteiger partial charge in [0, 0.05) is 25.6 Å². The lowest BCUT2D eigenvalue weighted by Crippen LogP contribution is -2.38. The molecule has 0 aromatic heterocycles. The first kappa shape index (κ1) is 27.8. The Labute approximate surface area is 220 Å². The van der Waals surface area contributed by atoms with Crippen LogP contribution in [-0.2, 0) is 26.7 Å². The molecule has 4 rings (SSSR count). The van der Waals surface area contributed by atoms with E-state index in [1.54, 1.807) is 12.1 Å². The highest BCUT2D eigenvalue weighted by Gasteiger charge is 2.28. The minimum absolute atomic E-state index is 0.170. The van der Waals surface area contributed by atoms with E-state index >= 15 is 4.39 Å². The van der Waals surface area contributed by atoms with E-state index < -0.39 is 11.2 Å². The molecule has 2 fully saturated rings. The van der Waals surface area contributed by atoms with Crippen LogP contribution in [0.3, 0.4) is 0 Å². The molecule has 204 valence electrons. The van der Waals surface area contributed by atoms with Crippen LogP contribution in [-0.4, -0.2) is 64.2 Å². The predicted molar refractivity (Wildman–Crippen MR) is 141 cm³/mol. The summed E-state index contributed by atoms with van der Waals surface area (Å²) in [6.07, 6.45) is 0.435. The summed E-state index contributed by atoms with van der Waals surface area (Å²) in [4.78, 5) is 2.27. The molecule has 0 N–H and O–H groups in total. The van der Waals surface area contributed by atoms with E-state index in [9.17, 15) is 4.39 Å². The second-order valence-electron chi connectivity index (χ2n) is 11.9. The summed E-state index contributed by atoms with van der Waals surface area (Å²) in [5.41, 5.74) is 1.87. The molecule has 0 bridgehead atoms. The first-order valence-electron chi connectivity index (χ1n) is 13.3. The summed E-state index contributed by atoms with van der Waals surface area (Å²) in [6, 6.07) is 8.73. The average molecular weight is 518 g/mol. The molecular weight excluding hydrogens is 476 g/mol. The van der Waals surface area contributed by atoms with Crippen LogP contribution < -0.4 is 9.47 Å². The van der Waals surface area contributed by atoms with Gasteiger partial charge in [-0.25, -0.2) is 8.78 Å². The van der Waals surface area contributed by atoms with Gasteiger partial charge in [0.1, 0.15) is 6.61 Å². The number of morpholine rings is 1. The van der Waals surface area contributed by atoms with Gasteiger partial charge in [0.2, 0.25) is 0 Å². The van der Waals surface area contributed by atoms with Crippen molar-refractivity contribution in [2.24, 2.45) is 5.92 Å². The minimum atomic E-state index is -0.464. The number of benzene rings is 2. The standard InChI is InChI=1S/C30H41F2NO4/c1-29(2,3)24-14-22(28(32)27(16-24)36-13-10-33-8-11-34-12-9-33)17-30(4,5)23-6-7-25(31)26(15-23)37-20-21-18-35-19-21/h6-7,14-16,21H,8-13,17-20H2,1-5H3. The van der Waals surface area contributed by atoms with Gasteiger partial charge in [-0.1, -0.05) is 46.8 Å². The largest absolute Gasteiger partial charge is 0.490 e. The molecule has 2 aromatic rings. The van der Waals surface area contributed by atoms with Crippen molar-refractivity contribution in [3.63, 3.8) is 0 Å². The van der Waals surface area contributed by atoms with Gasteiger partial charge in [0.05, 0.1) is 33.0 Å². The van der Waals surface area contributed by atoms with Gasteiger partial charge in [0.15, 0.2) is 23.1 Å². The summed E-state index contributed by atoms with van der Waals surface area (Å²) in [6.45, 7) is 16.5. The molecule has 0 aliphatic carbocycles. The third-order valence-corrected chi connectivity index (χ3v) is 7.28. The first-order chi connectivity index (χ1) is 17.5. The van der Waals surface area contributed by atoms with Crippen LogP contribution in [0.4, 0.5) is 8.78 Å². The molecule has 5 nitrogen and oxygen atoms in total. The molecule has 0 unspecified atom stereocenters. The van der Waals surface area contributed by atoms with Crippen LogP contribution in [0.2, 0.25) is 0 Å². The van der Waals surface area contributed by atoms with E-state index in [0.717, 1.165) is 44.0 Å². The maximum atomic E-state index is 15.8. The normalized spacial score (nSPS) is 17.5. The average Bonchev–Trinajstić information content (AvgIpc) is 2.81. The van der Waals surface area contributed by atoms with Crippen LogP contribution in [0, 0.1) is 17.6 Å². The number of hydrogen-bond acceptors (Lipinski definition) is 5. The van der Waals surface area contributed by atoms with Gasteiger partial charge < -0.3 is 18.9 Å². The molecule has 0 saturated carbocycles. The molecule has 2 aliphatic heterocycles. The summed E-state index contributed by atoms with van der Waals surface area (Å²) in [7, 11) is 0. The molecule has 0 radical (unpaired) electrons. The second kappa shape index (κ2) is 11.7. The fourth-order valence-electron chi connectivity index (χ4n) is 4.63. The van der Waals surface area contributed by atoms with Crippen molar-refractivity contribution in [2.45, 2.75) is 51.9 Å². The zero-order chi connectivity index (χ0) is 26.6. The summed E-state index contributed by atoms with van der Waals surface area (Å²) < 4.78 is 52.6. The number of ether oxygens (including phenoxy) is 4. The number of halogens is 2. The van der Waals surface area contributed by atoms with Gasteiger partial charge in [-0.15, -0.1) is 0 Å². The van der Waals surface area contributed by atoms with Crippen molar-refractivity contribution in [1.82, 2.24) is 4.90 Å². The van der Waals surface area contributed by atoms with Crippen LogP contribution in [0.25, 0.3) is 0 Å². The molecule has 2 heterocycles. The second-order valence-corrected chi connectivity index (χ2v) is 11.9. The monoisotopic (exact) mass is 517 g/mol. The van der Waals surface area contributed by atoms with Crippen LogP contribution in [0.15, 0.2) is 30.3 Å². The Kier molecular flexibility index (Phi) is 8.77. The Hall–Kier alpha value is -2.22. The third kappa shape index (κ3) is 7.21. The maximum Gasteiger partial charge on any atom is 0.168 e. The van der Waals surface area contributed by atoms with E-state index in [0.29, 0.717) is 44.3 Å². The van der Waals surface area contributed by atoms with Gasteiger partial charge in [-0.05, 0) is 52.1 Å². The quantitative estimate of drug-likeness (QED) is 0.415. The SMILES string of the molecule is CC(C)(C)c1cc(CC(C)(C)c2ccc(F)c(OCC3COC3)c2)c(F)c(OCCN2CCOCC2)c1. The Morgan fingerprint density at radius 3 is 2.24 bits per heavy atom. The van der Waals surface area contributed by atoms with Gasteiger partial charge in [-0.3, -0.25) is 4.90 Å². The van der Waals surface area contributed by atoms with Gasteiger partial charge >= 0.3 is 0 Å².